The van der Waals surface area contributed by atoms with E-state index < -0.39 is 0 Å². The normalized spacial score (nSPS) is 15.1. The SMILES string of the molecule is C=CCOCC1CCN(C(=O)NCCc2ccc(OC)cc2)CC1. The van der Waals surface area contributed by atoms with Gasteiger partial charge in [0.1, 0.15) is 5.75 Å². The molecule has 1 saturated heterocycles. The van der Waals surface area contributed by atoms with E-state index in [1.54, 1.807) is 13.2 Å². The second-order valence-electron chi connectivity index (χ2n) is 6.09. The number of nitrogens with zero attached hydrogens (tertiary/aromatic N) is 1. The van der Waals surface area contributed by atoms with E-state index in [1.165, 1.54) is 5.56 Å². The molecule has 5 nitrogen and oxygen atoms in total. The lowest BCUT2D eigenvalue weighted by atomic mass is 9.98. The lowest BCUT2D eigenvalue weighted by Crippen LogP contribution is -2.45. The van der Waals surface area contributed by atoms with Crippen molar-refractivity contribution in [3.05, 3.63) is 42.5 Å². The Hall–Kier alpha value is -2.01. The van der Waals surface area contributed by atoms with Crippen LogP contribution >= 0.6 is 0 Å². The van der Waals surface area contributed by atoms with Crippen LogP contribution in [0.2, 0.25) is 0 Å². The number of piperidine rings is 1. The third-order valence-electron chi connectivity index (χ3n) is 4.34. The molecule has 1 fully saturated rings. The molecular formula is C19H28N2O3. The molecule has 0 aromatic heterocycles. The summed E-state index contributed by atoms with van der Waals surface area (Å²) < 4.78 is 10.6. The zero-order chi connectivity index (χ0) is 17.2. The number of hydrogen-bond donors (Lipinski definition) is 1. The second-order valence-corrected chi connectivity index (χ2v) is 6.09. The van der Waals surface area contributed by atoms with Crippen LogP contribution in [0.25, 0.3) is 0 Å². The highest BCUT2D eigenvalue weighted by Crippen LogP contribution is 2.17. The number of urea groups is 1. The molecule has 2 amide bonds. The van der Waals surface area contributed by atoms with Crippen molar-refractivity contribution in [3.63, 3.8) is 0 Å². The Labute approximate surface area is 144 Å². The first-order chi connectivity index (χ1) is 11.7. The summed E-state index contributed by atoms with van der Waals surface area (Å²) in [6.07, 6.45) is 4.60. The molecule has 1 N–H and O–H groups in total. The molecule has 132 valence electrons. The number of methoxy groups -OCH3 is 1. The molecule has 0 radical (unpaired) electrons. The molecule has 1 aliphatic rings. The molecule has 1 aromatic carbocycles. The third-order valence-corrected chi connectivity index (χ3v) is 4.34. The lowest BCUT2D eigenvalue weighted by molar-refractivity contribution is 0.0887. The fourth-order valence-corrected chi connectivity index (χ4v) is 2.84. The number of likely N-dealkylation sites (tertiary alicyclic amines) is 1. The predicted molar refractivity (Wildman–Crippen MR) is 95.4 cm³/mol. The minimum Gasteiger partial charge on any atom is -0.497 e. The van der Waals surface area contributed by atoms with Gasteiger partial charge in [0.05, 0.1) is 13.7 Å². The van der Waals surface area contributed by atoms with Crippen LogP contribution in [-0.2, 0) is 11.2 Å². The number of nitrogens with one attached hydrogen (secondary N) is 1. The predicted octanol–water partition coefficient (Wildman–Crippen LogP) is 2.86. The van der Waals surface area contributed by atoms with E-state index in [0.29, 0.717) is 19.1 Å². The minimum absolute atomic E-state index is 0.0361. The highest BCUT2D eigenvalue weighted by atomic mass is 16.5. The average Bonchev–Trinajstić information content (AvgIpc) is 2.63. The first kappa shape index (κ1) is 18.3. The monoisotopic (exact) mass is 332 g/mol. The fourth-order valence-electron chi connectivity index (χ4n) is 2.84. The van der Waals surface area contributed by atoms with Crippen molar-refractivity contribution in [1.29, 1.82) is 0 Å². The molecule has 2 rings (SSSR count). The molecule has 5 heteroatoms. The van der Waals surface area contributed by atoms with Crippen LogP contribution in [0.3, 0.4) is 0 Å². The standard InChI is InChI=1S/C19H28N2O3/c1-3-14-24-15-17-9-12-21(13-10-17)19(22)20-11-8-16-4-6-18(23-2)7-5-16/h3-7,17H,1,8-15H2,2H3,(H,20,22). The van der Waals surface area contributed by atoms with Crippen LogP contribution in [0.15, 0.2) is 36.9 Å². The summed E-state index contributed by atoms with van der Waals surface area (Å²) in [5.41, 5.74) is 1.19. The van der Waals surface area contributed by atoms with Gasteiger partial charge in [-0.2, -0.15) is 0 Å². The highest BCUT2D eigenvalue weighted by molar-refractivity contribution is 5.74. The summed E-state index contributed by atoms with van der Waals surface area (Å²) in [5.74, 6) is 1.40. The fraction of sp³-hybridized carbons (Fsp3) is 0.526. The molecule has 1 aromatic rings. The minimum atomic E-state index is 0.0361. The molecule has 0 saturated carbocycles. The Morgan fingerprint density at radius 3 is 2.67 bits per heavy atom. The molecular weight excluding hydrogens is 304 g/mol. The lowest BCUT2D eigenvalue weighted by Gasteiger charge is -2.31. The van der Waals surface area contributed by atoms with E-state index in [-0.39, 0.29) is 6.03 Å². The van der Waals surface area contributed by atoms with Crippen LogP contribution < -0.4 is 10.1 Å². The number of hydrogen-bond acceptors (Lipinski definition) is 3. The Morgan fingerprint density at radius 1 is 1.33 bits per heavy atom. The smallest absolute Gasteiger partial charge is 0.317 e. The van der Waals surface area contributed by atoms with E-state index >= 15 is 0 Å². The van der Waals surface area contributed by atoms with Crippen LogP contribution in [0.5, 0.6) is 5.75 Å². The quantitative estimate of drug-likeness (QED) is 0.588. The number of benzene rings is 1. The van der Waals surface area contributed by atoms with E-state index in [0.717, 1.165) is 44.7 Å². The maximum atomic E-state index is 12.2. The van der Waals surface area contributed by atoms with Gasteiger partial charge < -0.3 is 19.7 Å². The maximum Gasteiger partial charge on any atom is 0.317 e. The topological polar surface area (TPSA) is 50.8 Å². The van der Waals surface area contributed by atoms with E-state index in [2.05, 4.69) is 11.9 Å². The zero-order valence-corrected chi connectivity index (χ0v) is 14.5. The average molecular weight is 332 g/mol. The van der Waals surface area contributed by atoms with Gasteiger partial charge in [0.2, 0.25) is 0 Å². The number of carbonyl (C=O) groups is 1. The van der Waals surface area contributed by atoms with Gasteiger partial charge in [-0.1, -0.05) is 18.2 Å². The molecule has 0 bridgehead atoms. The number of rotatable bonds is 8. The van der Waals surface area contributed by atoms with Crippen LogP contribution in [0, 0.1) is 5.92 Å². The molecule has 0 atom stereocenters. The first-order valence-electron chi connectivity index (χ1n) is 8.57. The number of carbonyl (C=O) groups excluding carboxylic acids is 1. The Balaban J connectivity index is 1.63. The number of amides is 2. The van der Waals surface area contributed by atoms with Crippen LogP contribution in [-0.4, -0.2) is 50.9 Å². The molecule has 0 aliphatic carbocycles. The van der Waals surface area contributed by atoms with Crippen molar-refractivity contribution in [1.82, 2.24) is 10.2 Å². The van der Waals surface area contributed by atoms with Crippen molar-refractivity contribution >= 4 is 6.03 Å². The van der Waals surface area contributed by atoms with Crippen molar-refractivity contribution in [2.75, 3.05) is 40.0 Å². The van der Waals surface area contributed by atoms with Gasteiger partial charge in [0.15, 0.2) is 0 Å². The third kappa shape index (κ3) is 5.89. The zero-order valence-electron chi connectivity index (χ0n) is 14.5. The molecule has 1 aliphatic heterocycles. The summed E-state index contributed by atoms with van der Waals surface area (Å²) in [6.45, 7) is 7.26. The molecule has 1 heterocycles. The Bertz CT molecular complexity index is 508. The van der Waals surface area contributed by atoms with Gasteiger partial charge in [-0.05, 0) is 42.9 Å². The second kappa shape index (κ2) is 9.98. The molecule has 24 heavy (non-hydrogen) atoms. The number of ether oxygens (including phenoxy) is 2. The molecule has 0 unspecified atom stereocenters. The molecule has 0 spiro atoms. The van der Waals surface area contributed by atoms with Crippen molar-refractivity contribution < 1.29 is 14.3 Å². The van der Waals surface area contributed by atoms with Crippen molar-refractivity contribution in [3.8, 4) is 5.75 Å². The van der Waals surface area contributed by atoms with Gasteiger partial charge >= 0.3 is 6.03 Å². The Kier molecular flexibility index (Phi) is 7.62. The van der Waals surface area contributed by atoms with Gasteiger partial charge in [0.25, 0.3) is 0 Å². The first-order valence-corrected chi connectivity index (χ1v) is 8.57. The van der Waals surface area contributed by atoms with E-state index in [4.69, 9.17) is 9.47 Å². The van der Waals surface area contributed by atoms with Gasteiger partial charge in [-0.25, -0.2) is 4.79 Å². The van der Waals surface area contributed by atoms with Gasteiger partial charge in [-0.15, -0.1) is 6.58 Å². The summed E-state index contributed by atoms with van der Waals surface area (Å²) >= 11 is 0. The van der Waals surface area contributed by atoms with E-state index in [9.17, 15) is 4.79 Å². The Morgan fingerprint density at radius 2 is 2.04 bits per heavy atom. The summed E-state index contributed by atoms with van der Waals surface area (Å²) in [5, 5.41) is 3.01. The summed E-state index contributed by atoms with van der Waals surface area (Å²) in [7, 11) is 1.66. The van der Waals surface area contributed by atoms with Crippen LogP contribution in [0.1, 0.15) is 18.4 Å². The maximum absolute atomic E-state index is 12.2. The van der Waals surface area contributed by atoms with E-state index in [1.807, 2.05) is 29.2 Å². The van der Waals surface area contributed by atoms with Crippen molar-refractivity contribution in [2.45, 2.75) is 19.3 Å². The largest absolute Gasteiger partial charge is 0.497 e. The van der Waals surface area contributed by atoms with Gasteiger partial charge in [0, 0.05) is 26.2 Å². The summed E-state index contributed by atoms with van der Waals surface area (Å²) in [4.78, 5) is 14.1. The van der Waals surface area contributed by atoms with Crippen molar-refractivity contribution in [2.24, 2.45) is 5.92 Å². The highest BCUT2D eigenvalue weighted by Gasteiger charge is 2.22. The van der Waals surface area contributed by atoms with Gasteiger partial charge in [-0.3, -0.25) is 0 Å². The van der Waals surface area contributed by atoms with Crippen LogP contribution in [0.4, 0.5) is 4.79 Å². The summed E-state index contributed by atoms with van der Waals surface area (Å²) in [6, 6.07) is 7.97.